The zero-order valence-electron chi connectivity index (χ0n) is 10.1. The van der Waals surface area contributed by atoms with E-state index in [0.717, 1.165) is 6.61 Å². The molecule has 0 bridgehead atoms. The molecule has 0 heterocycles. The topological polar surface area (TPSA) is 27.7 Å². The van der Waals surface area contributed by atoms with Crippen molar-refractivity contribution >= 4 is 0 Å². The van der Waals surface area contributed by atoms with Crippen LogP contribution < -0.4 is 0 Å². The second-order valence-electron chi connectivity index (χ2n) is 4.31. The van der Waals surface area contributed by atoms with Gasteiger partial charge < -0.3 is 14.2 Å². The first kappa shape index (κ1) is 13.9. The smallest absolute Gasteiger partial charge is 0.0787 e. The molecular formula is C11H24O3. The van der Waals surface area contributed by atoms with Gasteiger partial charge in [0, 0.05) is 6.61 Å². The van der Waals surface area contributed by atoms with Gasteiger partial charge in [-0.3, -0.25) is 0 Å². The van der Waals surface area contributed by atoms with Crippen LogP contribution in [-0.4, -0.2) is 38.1 Å². The summed E-state index contributed by atoms with van der Waals surface area (Å²) in [7, 11) is 0. The van der Waals surface area contributed by atoms with Gasteiger partial charge in [-0.1, -0.05) is 0 Å². The van der Waals surface area contributed by atoms with Gasteiger partial charge in [-0.15, -0.1) is 0 Å². The van der Waals surface area contributed by atoms with E-state index in [1.165, 1.54) is 0 Å². The first-order chi connectivity index (χ1) is 6.45. The minimum atomic E-state index is -0.0945. The number of hydrogen-bond donors (Lipinski definition) is 0. The molecule has 0 saturated carbocycles. The van der Waals surface area contributed by atoms with Crippen molar-refractivity contribution in [2.75, 3.05) is 26.4 Å². The maximum Gasteiger partial charge on any atom is 0.0787 e. The number of ether oxygens (including phenoxy) is 3. The second kappa shape index (κ2) is 7.21. The molecule has 0 aliphatic carbocycles. The van der Waals surface area contributed by atoms with E-state index < -0.39 is 0 Å². The van der Waals surface area contributed by atoms with E-state index in [0.29, 0.717) is 19.8 Å². The molecule has 1 unspecified atom stereocenters. The average Bonchev–Trinajstić information content (AvgIpc) is 2.00. The third-order valence-corrected chi connectivity index (χ3v) is 1.48. The highest BCUT2D eigenvalue weighted by Gasteiger charge is 2.14. The molecule has 3 heteroatoms. The lowest BCUT2D eigenvalue weighted by Crippen LogP contribution is -2.28. The lowest BCUT2D eigenvalue weighted by Gasteiger charge is -2.24. The van der Waals surface area contributed by atoms with Crippen molar-refractivity contribution in [3.63, 3.8) is 0 Å². The van der Waals surface area contributed by atoms with Gasteiger partial charge in [0.05, 0.1) is 31.5 Å². The van der Waals surface area contributed by atoms with E-state index in [1.54, 1.807) is 0 Å². The zero-order valence-corrected chi connectivity index (χ0v) is 10.1. The molecule has 0 N–H and O–H groups in total. The average molecular weight is 204 g/mol. The first-order valence-electron chi connectivity index (χ1n) is 5.29. The van der Waals surface area contributed by atoms with E-state index in [2.05, 4.69) is 0 Å². The van der Waals surface area contributed by atoms with E-state index >= 15 is 0 Å². The van der Waals surface area contributed by atoms with Gasteiger partial charge in [0.1, 0.15) is 0 Å². The van der Waals surface area contributed by atoms with Crippen molar-refractivity contribution in [3.05, 3.63) is 0 Å². The van der Waals surface area contributed by atoms with E-state index in [9.17, 15) is 0 Å². The molecule has 0 rings (SSSR count). The van der Waals surface area contributed by atoms with Gasteiger partial charge in [-0.2, -0.15) is 0 Å². The fourth-order valence-corrected chi connectivity index (χ4v) is 1.15. The Morgan fingerprint density at radius 2 is 1.64 bits per heavy atom. The van der Waals surface area contributed by atoms with Crippen molar-refractivity contribution < 1.29 is 14.2 Å². The van der Waals surface area contributed by atoms with Crippen LogP contribution in [0.2, 0.25) is 0 Å². The third-order valence-electron chi connectivity index (χ3n) is 1.48. The fraction of sp³-hybridized carbons (Fsp3) is 1.00. The van der Waals surface area contributed by atoms with Crippen LogP contribution in [0.1, 0.15) is 34.6 Å². The van der Waals surface area contributed by atoms with Gasteiger partial charge in [-0.25, -0.2) is 0 Å². The quantitative estimate of drug-likeness (QED) is 0.595. The van der Waals surface area contributed by atoms with Crippen LogP contribution in [0, 0.1) is 0 Å². The van der Waals surface area contributed by atoms with Gasteiger partial charge in [0.25, 0.3) is 0 Å². The van der Waals surface area contributed by atoms with Crippen molar-refractivity contribution in [2.24, 2.45) is 0 Å². The maximum atomic E-state index is 5.68. The van der Waals surface area contributed by atoms with Crippen molar-refractivity contribution in [2.45, 2.75) is 46.3 Å². The third kappa shape index (κ3) is 9.96. The predicted octanol–water partition coefficient (Wildman–Crippen LogP) is 2.24. The molecule has 0 aromatic heterocycles. The molecule has 0 aliphatic heterocycles. The molecule has 0 spiro atoms. The standard InChI is InChI=1S/C11H24O3/c1-6-12-7-8-13-9-10(2)14-11(3,4)5/h10H,6-9H2,1-5H3. The Balaban J connectivity index is 3.31. The van der Waals surface area contributed by atoms with Gasteiger partial charge in [0.15, 0.2) is 0 Å². The summed E-state index contributed by atoms with van der Waals surface area (Å²) in [5.41, 5.74) is -0.0945. The number of rotatable bonds is 7. The highest BCUT2D eigenvalue weighted by atomic mass is 16.6. The largest absolute Gasteiger partial charge is 0.379 e. The van der Waals surface area contributed by atoms with Crippen molar-refractivity contribution in [1.29, 1.82) is 0 Å². The summed E-state index contributed by atoms with van der Waals surface area (Å²) in [6.45, 7) is 12.8. The Morgan fingerprint density at radius 3 is 2.14 bits per heavy atom. The van der Waals surface area contributed by atoms with Crippen LogP contribution in [0.5, 0.6) is 0 Å². The summed E-state index contributed by atoms with van der Waals surface area (Å²) in [6, 6.07) is 0. The highest BCUT2D eigenvalue weighted by Crippen LogP contribution is 2.10. The van der Waals surface area contributed by atoms with Gasteiger partial charge in [-0.05, 0) is 34.6 Å². The molecule has 0 aromatic carbocycles. The Kier molecular flexibility index (Phi) is 7.15. The van der Waals surface area contributed by atoms with Crippen LogP contribution in [-0.2, 0) is 14.2 Å². The molecule has 0 radical (unpaired) electrons. The molecule has 0 fully saturated rings. The summed E-state index contributed by atoms with van der Waals surface area (Å²) < 4.78 is 16.2. The zero-order chi connectivity index (χ0) is 11.0. The minimum Gasteiger partial charge on any atom is -0.379 e. The van der Waals surface area contributed by atoms with Gasteiger partial charge in [0.2, 0.25) is 0 Å². The fourth-order valence-electron chi connectivity index (χ4n) is 1.15. The predicted molar refractivity (Wildman–Crippen MR) is 57.6 cm³/mol. The molecule has 86 valence electrons. The molecule has 1 atom stereocenters. The Hall–Kier alpha value is -0.120. The Bertz CT molecular complexity index is 129. The van der Waals surface area contributed by atoms with Crippen LogP contribution in [0.25, 0.3) is 0 Å². The molecule has 0 aliphatic rings. The lowest BCUT2D eigenvalue weighted by atomic mass is 10.2. The molecule has 14 heavy (non-hydrogen) atoms. The maximum absolute atomic E-state index is 5.68. The monoisotopic (exact) mass is 204 g/mol. The van der Waals surface area contributed by atoms with Crippen molar-refractivity contribution in [3.8, 4) is 0 Å². The normalized spacial score (nSPS) is 14.4. The van der Waals surface area contributed by atoms with Crippen LogP contribution >= 0.6 is 0 Å². The molecule has 3 nitrogen and oxygen atoms in total. The summed E-state index contributed by atoms with van der Waals surface area (Å²) in [5, 5.41) is 0. The SMILES string of the molecule is CCOCCOCC(C)OC(C)(C)C. The first-order valence-corrected chi connectivity index (χ1v) is 5.29. The summed E-state index contributed by atoms with van der Waals surface area (Å²) in [5.74, 6) is 0. The van der Waals surface area contributed by atoms with Gasteiger partial charge >= 0.3 is 0 Å². The summed E-state index contributed by atoms with van der Waals surface area (Å²) in [4.78, 5) is 0. The van der Waals surface area contributed by atoms with Crippen molar-refractivity contribution in [1.82, 2.24) is 0 Å². The minimum absolute atomic E-state index is 0.0945. The lowest BCUT2D eigenvalue weighted by molar-refractivity contribution is -0.0882. The van der Waals surface area contributed by atoms with Crippen LogP contribution in [0.4, 0.5) is 0 Å². The molecule has 0 amide bonds. The van der Waals surface area contributed by atoms with E-state index in [1.807, 2.05) is 34.6 Å². The molecule has 0 aromatic rings. The van der Waals surface area contributed by atoms with Crippen LogP contribution in [0.3, 0.4) is 0 Å². The summed E-state index contributed by atoms with van der Waals surface area (Å²) >= 11 is 0. The van der Waals surface area contributed by atoms with E-state index in [4.69, 9.17) is 14.2 Å². The molecular weight excluding hydrogens is 180 g/mol. The highest BCUT2D eigenvalue weighted by molar-refractivity contribution is 4.62. The summed E-state index contributed by atoms with van der Waals surface area (Å²) in [6.07, 6.45) is 0.136. The molecule has 0 saturated heterocycles. The Labute approximate surface area is 87.7 Å². The Morgan fingerprint density at radius 1 is 1.07 bits per heavy atom. The van der Waals surface area contributed by atoms with E-state index in [-0.39, 0.29) is 11.7 Å². The number of hydrogen-bond acceptors (Lipinski definition) is 3. The second-order valence-corrected chi connectivity index (χ2v) is 4.31. The van der Waals surface area contributed by atoms with Crippen LogP contribution in [0.15, 0.2) is 0 Å².